The van der Waals surface area contributed by atoms with Gasteiger partial charge < -0.3 is 20.5 Å². The fraction of sp³-hybridized carbons (Fsp3) is 0.875. The Morgan fingerprint density at radius 2 is 1.77 bits per heavy atom. The average molecular weight is 314 g/mol. The molecular weight excluding hydrogens is 284 g/mol. The van der Waals surface area contributed by atoms with E-state index in [1.807, 2.05) is 20.8 Å². The first-order chi connectivity index (χ1) is 10.2. The van der Waals surface area contributed by atoms with E-state index in [1.165, 1.54) is 19.3 Å². The van der Waals surface area contributed by atoms with Crippen LogP contribution in [-0.2, 0) is 4.74 Å². The Hall–Kier alpha value is -1.46. The molecule has 1 rings (SSSR count). The Bertz CT molecular complexity index is 373. The second-order valence-corrected chi connectivity index (χ2v) is 7.23. The largest absolute Gasteiger partial charge is 0.465 e. The Labute approximate surface area is 133 Å². The molecule has 128 valence electrons. The maximum Gasteiger partial charge on any atom is 0.407 e. The highest BCUT2D eigenvalue weighted by molar-refractivity contribution is 5.69. The second-order valence-electron chi connectivity index (χ2n) is 7.23. The Morgan fingerprint density at radius 3 is 2.27 bits per heavy atom. The average Bonchev–Trinajstić information content (AvgIpc) is 2.36. The van der Waals surface area contributed by atoms with Crippen LogP contribution in [0.25, 0.3) is 0 Å². The van der Waals surface area contributed by atoms with Crippen molar-refractivity contribution in [1.29, 1.82) is 0 Å². The quantitative estimate of drug-likeness (QED) is 0.724. The molecule has 2 amide bonds. The number of rotatable bonds is 5. The van der Waals surface area contributed by atoms with Crippen molar-refractivity contribution in [2.24, 2.45) is 5.92 Å². The summed E-state index contributed by atoms with van der Waals surface area (Å²) in [6.45, 7) is 7.20. The number of nitrogens with one attached hydrogen (secondary N) is 2. The van der Waals surface area contributed by atoms with Gasteiger partial charge in [0.2, 0.25) is 0 Å². The summed E-state index contributed by atoms with van der Waals surface area (Å²) in [7, 11) is 0. The molecule has 0 spiro atoms. The molecular formula is C16H30N2O4. The normalized spacial score (nSPS) is 19.1. The van der Waals surface area contributed by atoms with E-state index >= 15 is 0 Å². The standard InChI is InChI=1S/C16H30N2O4/c1-11(17-14(19)20)13(10-12-8-6-5-7-9-12)18-15(21)22-16(2,3)4/h11-13,17H,5-10H2,1-4H3,(H,18,21)(H,19,20)/t11-,13+/m0/s1. The van der Waals surface area contributed by atoms with Crippen molar-refractivity contribution in [3.8, 4) is 0 Å². The molecule has 0 radical (unpaired) electrons. The third-order valence-corrected chi connectivity index (χ3v) is 3.97. The van der Waals surface area contributed by atoms with Crippen LogP contribution in [0.1, 0.15) is 66.2 Å². The van der Waals surface area contributed by atoms with Gasteiger partial charge in [0.05, 0.1) is 6.04 Å². The third-order valence-electron chi connectivity index (χ3n) is 3.97. The molecule has 1 saturated carbocycles. The van der Waals surface area contributed by atoms with E-state index in [0.717, 1.165) is 19.3 Å². The molecule has 22 heavy (non-hydrogen) atoms. The monoisotopic (exact) mass is 314 g/mol. The number of carbonyl (C=O) groups excluding carboxylic acids is 1. The van der Waals surface area contributed by atoms with Crippen LogP contribution in [0.15, 0.2) is 0 Å². The third kappa shape index (κ3) is 7.52. The SMILES string of the molecule is C[C@H](NC(=O)O)[C@@H](CC1CCCCC1)NC(=O)OC(C)(C)C. The number of amides is 2. The summed E-state index contributed by atoms with van der Waals surface area (Å²) in [4.78, 5) is 22.9. The number of ether oxygens (including phenoxy) is 1. The van der Waals surface area contributed by atoms with Crippen LogP contribution in [0.5, 0.6) is 0 Å². The van der Waals surface area contributed by atoms with Gasteiger partial charge in [0.25, 0.3) is 0 Å². The summed E-state index contributed by atoms with van der Waals surface area (Å²) in [5.74, 6) is 0.534. The topological polar surface area (TPSA) is 87.7 Å². The van der Waals surface area contributed by atoms with Crippen LogP contribution < -0.4 is 10.6 Å². The number of hydrogen-bond donors (Lipinski definition) is 3. The molecule has 1 aliphatic rings. The van der Waals surface area contributed by atoms with Crippen LogP contribution in [0.3, 0.4) is 0 Å². The molecule has 0 aliphatic heterocycles. The van der Waals surface area contributed by atoms with E-state index in [2.05, 4.69) is 10.6 Å². The van der Waals surface area contributed by atoms with E-state index in [0.29, 0.717) is 5.92 Å². The molecule has 0 heterocycles. The van der Waals surface area contributed by atoms with Gasteiger partial charge in [0, 0.05) is 6.04 Å². The Balaban J connectivity index is 2.63. The van der Waals surface area contributed by atoms with Crippen molar-refractivity contribution < 1.29 is 19.4 Å². The van der Waals surface area contributed by atoms with Gasteiger partial charge in [0.1, 0.15) is 5.60 Å². The molecule has 0 saturated heterocycles. The van der Waals surface area contributed by atoms with E-state index in [1.54, 1.807) is 6.92 Å². The predicted molar refractivity (Wildman–Crippen MR) is 85.0 cm³/mol. The number of carbonyl (C=O) groups is 2. The Morgan fingerprint density at radius 1 is 1.18 bits per heavy atom. The van der Waals surface area contributed by atoms with Crippen molar-refractivity contribution in [1.82, 2.24) is 10.6 Å². The summed E-state index contributed by atoms with van der Waals surface area (Å²) in [6, 6.07) is -0.610. The minimum atomic E-state index is -1.08. The molecule has 0 aromatic carbocycles. The lowest BCUT2D eigenvalue weighted by Gasteiger charge is -2.31. The second kappa shape index (κ2) is 8.25. The first-order valence-electron chi connectivity index (χ1n) is 8.16. The van der Waals surface area contributed by atoms with Crippen LogP contribution >= 0.6 is 0 Å². The number of alkyl carbamates (subject to hydrolysis) is 1. The summed E-state index contributed by atoms with van der Waals surface area (Å²) < 4.78 is 5.29. The summed E-state index contributed by atoms with van der Waals surface area (Å²) in [5, 5.41) is 14.2. The van der Waals surface area contributed by atoms with E-state index in [-0.39, 0.29) is 12.1 Å². The lowest BCUT2D eigenvalue weighted by Crippen LogP contribution is -2.51. The van der Waals surface area contributed by atoms with Gasteiger partial charge in [-0.25, -0.2) is 9.59 Å². The molecule has 0 bridgehead atoms. The van der Waals surface area contributed by atoms with Gasteiger partial charge in [-0.05, 0) is 40.0 Å². The van der Waals surface area contributed by atoms with E-state index in [9.17, 15) is 9.59 Å². The molecule has 6 nitrogen and oxygen atoms in total. The summed E-state index contributed by atoms with van der Waals surface area (Å²) in [6.07, 6.45) is 5.19. The number of carboxylic acid groups (broad SMARTS) is 1. The summed E-state index contributed by atoms with van der Waals surface area (Å²) in [5.41, 5.74) is -0.567. The summed E-state index contributed by atoms with van der Waals surface area (Å²) >= 11 is 0. The molecule has 6 heteroatoms. The van der Waals surface area contributed by atoms with Gasteiger partial charge in [0.15, 0.2) is 0 Å². The maximum absolute atomic E-state index is 12.0. The highest BCUT2D eigenvalue weighted by Crippen LogP contribution is 2.28. The van der Waals surface area contributed by atoms with E-state index < -0.39 is 17.8 Å². The highest BCUT2D eigenvalue weighted by Gasteiger charge is 2.27. The van der Waals surface area contributed by atoms with Gasteiger partial charge in [-0.2, -0.15) is 0 Å². The number of hydrogen-bond acceptors (Lipinski definition) is 3. The van der Waals surface area contributed by atoms with Crippen molar-refractivity contribution >= 4 is 12.2 Å². The van der Waals surface area contributed by atoms with Gasteiger partial charge in [-0.1, -0.05) is 32.1 Å². The van der Waals surface area contributed by atoms with Crippen molar-refractivity contribution in [3.63, 3.8) is 0 Å². The fourth-order valence-corrected chi connectivity index (χ4v) is 2.92. The first kappa shape index (κ1) is 18.6. The van der Waals surface area contributed by atoms with Gasteiger partial charge in [-0.3, -0.25) is 0 Å². The van der Waals surface area contributed by atoms with E-state index in [4.69, 9.17) is 9.84 Å². The minimum Gasteiger partial charge on any atom is -0.465 e. The Kier molecular flexibility index (Phi) is 6.97. The maximum atomic E-state index is 12.0. The first-order valence-corrected chi connectivity index (χ1v) is 8.16. The fourth-order valence-electron chi connectivity index (χ4n) is 2.92. The van der Waals surface area contributed by atoms with Crippen LogP contribution in [0.2, 0.25) is 0 Å². The van der Waals surface area contributed by atoms with Crippen molar-refractivity contribution in [3.05, 3.63) is 0 Å². The van der Waals surface area contributed by atoms with Gasteiger partial charge in [-0.15, -0.1) is 0 Å². The molecule has 0 unspecified atom stereocenters. The highest BCUT2D eigenvalue weighted by atomic mass is 16.6. The van der Waals surface area contributed by atoms with Crippen LogP contribution in [0.4, 0.5) is 9.59 Å². The molecule has 2 atom stereocenters. The van der Waals surface area contributed by atoms with Crippen molar-refractivity contribution in [2.45, 2.75) is 83.9 Å². The van der Waals surface area contributed by atoms with Crippen molar-refractivity contribution in [2.75, 3.05) is 0 Å². The van der Waals surface area contributed by atoms with Crippen LogP contribution in [0, 0.1) is 5.92 Å². The molecule has 0 aromatic rings. The zero-order valence-electron chi connectivity index (χ0n) is 14.1. The van der Waals surface area contributed by atoms with Gasteiger partial charge >= 0.3 is 12.2 Å². The lowest BCUT2D eigenvalue weighted by atomic mass is 9.83. The minimum absolute atomic E-state index is 0.256. The molecule has 1 fully saturated rings. The zero-order chi connectivity index (χ0) is 16.8. The molecule has 1 aliphatic carbocycles. The zero-order valence-corrected chi connectivity index (χ0v) is 14.1. The van der Waals surface area contributed by atoms with Crippen LogP contribution in [-0.4, -0.2) is 35.0 Å². The molecule has 3 N–H and O–H groups in total. The smallest absolute Gasteiger partial charge is 0.407 e. The molecule has 0 aromatic heterocycles. The lowest BCUT2D eigenvalue weighted by molar-refractivity contribution is 0.0481. The predicted octanol–water partition coefficient (Wildman–Crippen LogP) is 3.51.